The van der Waals surface area contributed by atoms with Crippen LogP contribution >= 0.6 is 0 Å². The molecule has 1 saturated carbocycles. The molecule has 0 N–H and O–H groups in total. The summed E-state index contributed by atoms with van der Waals surface area (Å²) in [5.41, 5.74) is 2.79. The summed E-state index contributed by atoms with van der Waals surface area (Å²) >= 11 is 0. The van der Waals surface area contributed by atoms with Gasteiger partial charge in [0.25, 0.3) is 0 Å². The van der Waals surface area contributed by atoms with Crippen LogP contribution in [0, 0.1) is 19.8 Å². The molecule has 1 fully saturated rings. The summed E-state index contributed by atoms with van der Waals surface area (Å²) in [4.78, 5) is 11.8. The van der Waals surface area contributed by atoms with Gasteiger partial charge in [0, 0.05) is 18.7 Å². The number of carbonyl (C=O) groups excluding carboxylic acids is 1. The van der Waals surface area contributed by atoms with Crippen molar-refractivity contribution in [2.75, 3.05) is 0 Å². The molecule has 3 heteroatoms. The molecule has 0 bridgehead atoms. The van der Waals surface area contributed by atoms with Crippen LogP contribution in [-0.4, -0.2) is 15.6 Å². The number of hydrogen-bond acceptors (Lipinski definition) is 2. The molecule has 0 spiro atoms. The second-order valence-corrected chi connectivity index (χ2v) is 4.80. The fourth-order valence-corrected chi connectivity index (χ4v) is 2.37. The minimum Gasteiger partial charge on any atom is -0.294 e. The Morgan fingerprint density at radius 1 is 1.44 bits per heavy atom. The molecule has 0 aromatic carbocycles. The topological polar surface area (TPSA) is 34.9 Å². The lowest BCUT2D eigenvalue weighted by Gasteiger charge is -2.25. The molecule has 1 aliphatic rings. The van der Waals surface area contributed by atoms with E-state index in [9.17, 15) is 4.79 Å². The maximum absolute atomic E-state index is 11.8. The number of ketones is 1. The van der Waals surface area contributed by atoms with Gasteiger partial charge in [0.1, 0.15) is 0 Å². The van der Waals surface area contributed by atoms with E-state index >= 15 is 0 Å². The lowest BCUT2D eigenvalue weighted by molar-refractivity contribution is 0.0986. The Morgan fingerprint density at radius 2 is 2.12 bits per heavy atom. The minimum atomic E-state index is 0.217. The summed E-state index contributed by atoms with van der Waals surface area (Å²) in [5, 5.41) is 4.50. The SMILES string of the molecule is CCC(=O)c1c(C)nn(CC2CCC2)c1C. The number of aryl methyl sites for hydroxylation is 1. The average molecular weight is 220 g/mol. The second-order valence-electron chi connectivity index (χ2n) is 4.80. The van der Waals surface area contributed by atoms with Crippen LogP contribution in [0.5, 0.6) is 0 Å². The van der Waals surface area contributed by atoms with Crippen molar-refractivity contribution in [2.45, 2.75) is 53.0 Å². The van der Waals surface area contributed by atoms with Crippen LogP contribution in [0.15, 0.2) is 0 Å². The largest absolute Gasteiger partial charge is 0.294 e. The van der Waals surface area contributed by atoms with Crippen LogP contribution in [-0.2, 0) is 6.54 Å². The van der Waals surface area contributed by atoms with Crippen molar-refractivity contribution in [3.05, 3.63) is 17.0 Å². The fraction of sp³-hybridized carbons (Fsp3) is 0.692. The first kappa shape index (κ1) is 11.4. The molecule has 88 valence electrons. The van der Waals surface area contributed by atoms with Crippen molar-refractivity contribution < 1.29 is 4.79 Å². The van der Waals surface area contributed by atoms with Gasteiger partial charge in [-0.05, 0) is 32.6 Å². The molecule has 0 saturated heterocycles. The lowest BCUT2D eigenvalue weighted by atomic mass is 9.85. The molecule has 1 aromatic rings. The van der Waals surface area contributed by atoms with E-state index in [0.29, 0.717) is 6.42 Å². The van der Waals surface area contributed by atoms with Gasteiger partial charge in [0.05, 0.1) is 11.3 Å². The van der Waals surface area contributed by atoms with Crippen LogP contribution in [0.3, 0.4) is 0 Å². The minimum absolute atomic E-state index is 0.217. The van der Waals surface area contributed by atoms with Crippen LogP contribution < -0.4 is 0 Å². The van der Waals surface area contributed by atoms with Gasteiger partial charge in [-0.2, -0.15) is 5.10 Å². The zero-order valence-electron chi connectivity index (χ0n) is 10.4. The highest BCUT2D eigenvalue weighted by Gasteiger charge is 2.22. The first-order valence-electron chi connectivity index (χ1n) is 6.20. The van der Waals surface area contributed by atoms with Gasteiger partial charge in [-0.1, -0.05) is 13.3 Å². The molecular formula is C13H20N2O. The van der Waals surface area contributed by atoms with Crippen molar-refractivity contribution in [3.63, 3.8) is 0 Å². The van der Waals surface area contributed by atoms with Crippen LogP contribution in [0.2, 0.25) is 0 Å². The highest BCUT2D eigenvalue weighted by Crippen LogP contribution is 2.28. The molecular weight excluding hydrogens is 200 g/mol. The van der Waals surface area contributed by atoms with Crippen molar-refractivity contribution in [3.8, 4) is 0 Å². The summed E-state index contributed by atoms with van der Waals surface area (Å²) in [7, 11) is 0. The molecule has 1 heterocycles. The number of rotatable bonds is 4. The number of hydrogen-bond donors (Lipinski definition) is 0. The third kappa shape index (κ3) is 1.91. The van der Waals surface area contributed by atoms with E-state index < -0.39 is 0 Å². The Balaban J connectivity index is 2.23. The number of carbonyl (C=O) groups is 1. The van der Waals surface area contributed by atoms with E-state index in [1.54, 1.807) is 0 Å². The summed E-state index contributed by atoms with van der Waals surface area (Å²) in [5.74, 6) is 0.998. The summed E-state index contributed by atoms with van der Waals surface area (Å²) < 4.78 is 2.03. The molecule has 0 atom stereocenters. The predicted molar refractivity (Wildman–Crippen MR) is 63.7 cm³/mol. The number of Topliss-reactive ketones (excluding diaryl/α,β-unsaturated/α-hetero) is 1. The van der Waals surface area contributed by atoms with E-state index in [2.05, 4.69) is 5.10 Å². The van der Waals surface area contributed by atoms with Crippen molar-refractivity contribution in [2.24, 2.45) is 5.92 Å². The molecule has 1 aliphatic carbocycles. The molecule has 16 heavy (non-hydrogen) atoms. The Hall–Kier alpha value is -1.12. The van der Waals surface area contributed by atoms with Crippen molar-refractivity contribution in [1.82, 2.24) is 9.78 Å². The van der Waals surface area contributed by atoms with Crippen LogP contribution in [0.1, 0.15) is 54.4 Å². The Labute approximate surface area is 96.8 Å². The number of aromatic nitrogens is 2. The van der Waals surface area contributed by atoms with Gasteiger partial charge in [0.2, 0.25) is 0 Å². The molecule has 0 unspecified atom stereocenters. The van der Waals surface area contributed by atoms with Gasteiger partial charge in [-0.25, -0.2) is 0 Å². The van der Waals surface area contributed by atoms with Gasteiger partial charge in [-0.3, -0.25) is 9.48 Å². The standard InChI is InChI=1S/C13H20N2O/c1-4-12(16)13-9(2)14-15(10(13)3)8-11-6-5-7-11/h11H,4-8H2,1-3H3. The zero-order chi connectivity index (χ0) is 11.7. The third-order valence-electron chi connectivity index (χ3n) is 3.64. The zero-order valence-corrected chi connectivity index (χ0v) is 10.4. The van der Waals surface area contributed by atoms with E-state index in [-0.39, 0.29) is 5.78 Å². The van der Waals surface area contributed by atoms with E-state index in [0.717, 1.165) is 29.4 Å². The highest BCUT2D eigenvalue weighted by atomic mass is 16.1. The smallest absolute Gasteiger partial charge is 0.166 e. The molecule has 0 aliphatic heterocycles. The molecule has 2 rings (SSSR count). The van der Waals surface area contributed by atoms with Gasteiger partial charge >= 0.3 is 0 Å². The monoisotopic (exact) mass is 220 g/mol. The first-order valence-corrected chi connectivity index (χ1v) is 6.20. The van der Waals surface area contributed by atoms with Crippen molar-refractivity contribution >= 4 is 5.78 Å². The lowest BCUT2D eigenvalue weighted by Crippen LogP contribution is -2.19. The third-order valence-corrected chi connectivity index (χ3v) is 3.64. The van der Waals surface area contributed by atoms with Gasteiger partial charge in [-0.15, -0.1) is 0 Å². The summed E-state index contributed by atoms with van der Waals surface area (Å²) in [6, 6.07) is 0. The van der Waals surface area contributed by atoms with Crippen LogP contribution in [0.4, 0.5) is 0 Å². The second kappa shape index (κ2) is 4.40. The Morgan fingerprint density at radius 3 is 2.62 bits per heavy atom. The predicted octanol–water partition coefficient (Wildman–Crippen LogP) is 2.89. The summed E-state index contributed by atoms with van der Waals surface area (Å²) in [6.45, 7) is 6.85. The van der Waals surface area contributed by atoms with Crippen molar-refractivity contribution in [1.29, 1.82) is 0 Å². The normalized spacial score (nSPS) is 16.2. The number of nitrogens with zero attached hydrogens (tertiary/aromatic N) is 2. The first-order chi connectivity index (χ1) is 7.63. The molecule has 0 radical (unpaired) electrons. The Kier molecular flexibility index (Phi) is 3.13. The highest BCUT2D eigenvalue weighted by molar-refractivity contribution is 5.97. The van der Waals surface area contributed by atoms with Gasteiger partial charge < -0.3 is 0 Å². The van der Waals surface area contributed by atoms with E-state index in [4.69, 9.17) is 0 Å². The van der Waals surface area contributed by atoms with E-state index in [1.807, 2.05) is 25.5 Å². The molecule has 3 nitrogen and oxygen atoms in total. The molecule has 0 amide bonds. The van der Waals surface area contributed by atoms with Crippen LogP contribution in [0.25, 0.3) is 0 Å². The Bertz CT molecular complexity index is 402. The van der Waals surface area contributed by atoms with Gasteiger partial charge in [0.15, 0.2) is 5.78 Å². The summed E-state index contributed by atoms with van der Waals surface area (Å²) in [6.07, 6.45) is 4.55. The van der Waals surface area contributed by atoms with E-state index in [1.165, 1.54) is 19.3 Å². The quantitative estimate of drug-likeness (QED) is 0.731. The average Bonchev–Trinajstić information content (AvgIpc) is 2.47. The fourth-order valence-electron chi connectivity index (χ4n) is 2.37. The molecule has 1 aromatic heterocycles. The maximum atomic E-state index is 11.8. The maximum Gasteiger partial charge on any atom is 0.166 e.